The second kappa shape index (κ2) is 7.02. The molecule has 7 heteroatoms. The number of anilines is 1. The van der Waals surface area contributed by atoms with Crippen LogP contribution in [-0.2, 0) is 22.8 Å². The summed E-state index contributed by atoms with van der Waals surface area (Å²) in [5.41, 5.74) is 0.815. The first-order valence-corrected chi connectivity index (χ1v) is 11.4. The van der Waals surface area contributed by atoms with Crippen molar-refractivity contribution >= 4 is 15.5 Å². The van der Waals surface area contributed by atoms with Gasteiger partial charge in [0.1, 0.15) is 11.6 Å². The molecule has 1 saturated heterocycles. The molecule has 1 aromatic heterocycles. The van der Waals surface area contributed by atoms with Crippen LogP contribution in [0.3, 0.4) is 0 Å². The fourth-order valence-corrected chi connectivity index (χ4v) is 5.15. The zero-order valence-electron chi connectivity index (χ0n) is 15.3. The first kappa shape index (κ1) is 17.5. The summed E-state index contributed by atoms with van der Waals surface area (Å²) in [5, 5.41) is 8.98. The Morgan fingerprint density at radius 3 is 2.73 bits per heavy atom. The van der Waals surface area contributed by atoms with E-state index in [-0.39, 0.29) is 0 Å². The number of hydrogen-bond donors (Lipinski definition) is 0. The van der Waals surface area contributed by atoms with Gasteiger partial charge in [0.25, 0.3) is 0 Å². The van der Waals surface area contributed by atoms with Gasteiger partial charge in [0, 0.05) is 38.2 Å². The number of nitrogens with zero attached hydrogens (tertiary/aromatic N) is 4. The summed E-state index contributed by atoms with van der Waals surface area (Å²) in [6.07, 6.45) is 8.04. The topological polar surface area (TPSA) is 68.1 Å². The molecule has 0 spiro atoms. The minimum Gasteiger partial charge on any atom is -0.370 e. The van der Waals surface area contributed by atoms with E-state index in [1.807, 2.05) is 12.1 Å². The Morgan fingerprint density at radius 1 is 1.04 bits per heavy atom. The van der Waals surface area contributed by atoms with Crippen molar-refractivity contribution in [2.75, 3.05) is 24.2 Å². The first-order chi connectivity index (χ1) is 12.5. The van der Waals surface area contributed by atoms with Crippen LogP contribution in [-0.4, -0.2) is 42.5 Å². The maximum Gasteiger partial charge on any atom is 0.177 e. The van der Waals surface area contributed by atoms with Crippen molar-refractivity contribution in [3.63, 3.8) is 0 Å². The highest BCUT2D eigenvalue weighted by molar-refractivity contribution is 7.90. The third kappa shape index (κ3) is 3.37. The van der Waals surface area contributed by atoms with Crippen molar-refractivity contribution in [1.29, 1.82) is 0 Å². The molecule has 2 aliphatic heterocycles. The second-order valence-corrected chi connectivity index (χ2v) is 9.45. The second-order valence-electron chi connectivity index (χ2n) is 7.46. The Kier molecular flexibility index (Phi) is 4.73. The molecule has 4 rings (SSSR count). The van der Waals surface area contributed by atoms with E-state index in [0.717, 1.165) is 56.2 Å². The van der Waals surface area contributed by atoms with Crippen LogP contribution < -0.4 is 4.90 Å². The lowest BCUT2D eigenvalue weighted by atomic mass is 9.96. The number of rotatable bonds is 3. The average Bonchev–Trinajstić information content (AvgIpc) is 2.90. The van der Waals surface area contributed by atoms with Gasteiger partial charge in [-0.05, 0) is 37.8 Å². The molecule has 140 valence electrons. The third-order valence-electron chi connectivity index (χ3n) is 5.53. The molecule has 6 nitrogen and oxygen atoms in total. The first-order valence-electron chi connectivity index (χ1n) is 9.50. The number of sulfone groups is 1. The highest BCUT2D eigenvalue weighted by atomic mass is 32.2. The molecule has 0 amide bonds. The zero-order chi connectivity index (χ0) is 18.1. The SMILES string of the molecule is CS(=O)(=O)c1ccccc1N1CCC[C@@H](c2nnc3n2CCCCC3)C1. The molecular formula is C19H26N4O2S. The summed E-state index contributed by atoms with van der Waals surface area (Å²) in [4.78, 5) is 2.63. The Hall–Kier alpha value is -1.89. The molecule has 0 aliphatic carbocycles. The van der Waals surface area contributed by atoms with Gasteiger partial charge in [0.15, 0.2) is 9.84 Å². The monoisotopic (exact) mass is 374 g/mol. The molecule has 1 atom stereocenters. The predicted molar refractivity (Wildman–Crippen MR) is 101 cm³/mol. The number of benzene rings is 1. The number of aryl methyl sites for hydroxylation is 1. The minimum absolute atomic E-state index is 0.302. The molecule has 0 saturated carbocycles. The average molecular weight is 375 g/mol. The van der Waals surface area contributed by atoms with Gasteiger partial charge >= 0.3 is 0 Å². The van der Waals surface area contributed by atoms with Crippen LogP contribution in [0.2, 0.25) is 0 Å². The van der Waals surface area contributed by atoms with Crippen LogP contribution in [0.1, 0.15) is 49.7 Å². The van der Waals surface area contributed by atoms with Crippen molar-refractivity contribution < 1.29 is 8.42 Å². The Balaban J connectivity index is 1.63. The van der Waals surface area contributed by atoms with Crippen molar-refractivity contribution in [1.82, 2.24) is 14.8 Å². The Bertz CT molecular complexity index is 891. The van der Waals surface area contributed by atoms with E-state index in [1.165, 1.54) is 25.5 Å². The number of aromatic nitrogens is 3. The summed E-state index contributed by atoms with van der Waals surface area (Å²) in [5.74, 6) is 2.50. The molecule has 0 unspecified atom stereocenters. The summed E-state index contributed by atoms with van der Waals surface area (Å²) < 4.78 is 26.7. The normalized spacial score (nSPS) is 21.3. The smallest absolute Gasteiger partial charge is 0.177 e. The number of hydrogen-bond acceptors (Lipinski definition) is 5. The van der Waals surface area contributed by atoms with Gasteiger partial charge in [-0.3, -0.25) is 0 Å². The van der Waals surface area contributed by atoms with Crippen molar-refractivity contribution in [3.8, 4) is 0 Å². The molecule has 26 heavy (non-hydrogen) atoms. The number of fused-ring (bicyclic) bond motifs is 1. The summed E-state index contributed by atoms with van der Waals surface area (Å²) in [7, 11) is -3.25. The van der Waals surface area contributed by atoms with E-state index in [0.29, 0.717) is 10.8 Å². The minimum atomic E-state index is -3.25. The third-order valence-corrected chi connectivity index (χ3v) is 6.67. The number of piperidine rings is 1. The van der Waals surface area contributed by atoms with Gasteiger partial charge in [0.2, 0.25) is 0 Å². The lowest BCUT2D eigenvalue weighted by Gasteiger charge is -2.35. The quantitative estimate of drug-likeness (QED) is 0.826. The molecular weight excluding hydrogens is 348 g/mol. The van der Waals surface area contributed by atoms with Crippen LogP contribution in [0.25, 0.3) is 0 Å². The van der Waals surface area contributed by atoms with Crippen molar-refractivity contribution in [2.45, 2.75) is 55.9 Å². The molecule has 0 radical (unpaired) electrons. The maximum atomic E-state index is 12.2. The molecule has 2 aliphatic rings. The van der Waals surface area contributed by atoms with E-state index in [2.05, 4.69) is 19.7 Å². The fraction of sp³-hybridized carbons (Fsp3) is 0.579. The van der Waals surface area contributed by atoms with Gasteiger partial charge in [-0.1, -0.05) is 18.6 Å². The van der Waals surface area contributed by atoms with E-state index in [9.17, 15) is 8.42 Å². The Labute approximate surface area is 155 Å². The van der Waals surface area contributed by atoms with Gasteiger partial charge in [-0.15, -0.1) is 10.2 Å². The summed E-state index contributed by atoms with van der Waals surface area (Å²) in [6.45, 7) is 2.68. The largest absolute Gasteiger partial charge is 0.370 e. The summed E-state index contributed by atoms with van der Waals surface area (Å²) in [6, 6.07) is 7.33. The summed E-state index contributed by atoms with van der Waals surface area (Å²) >= 11 is 0. The molecule has 3 heterocycles. The standard InChI is InChI=1S/C19H26N4O2S/c1-26(24,25)17-10-5-4-9-16(17)22-12-7-8-15(14-22)19-21-20-18-11-3-2-6-13-23(18)19/h4-5,9-10,15H,2-3,6-8,11-14H2,1H3/t15-/m1/s1. The van der Waals surface area contributed by atoms with Crippen molar-refractivity contribution in [2.24, 2.45) is 0 Å². The molecule has 1 fully saturated rings. The van der Waals surface area contributed by atoms with Crippen LogP contribution in [0.15, 0.2) is 29.2 Å². The van der Waals surface area contributed by atoms with Crippen LogP contribution in [0, 0.1) is 0 Å². The Morgan fingerprint density at radius 2 is 1.88 bits per heavy atom. The van der Waals surface area contributed by atoms with E-state index in [4.69, 9.17) is 0 Å². The molecule has 2 aromatic rings. The predicted octanol–water partition coefficient (Wildman–Crippen LogP) is 2.79. The molecule has 0 N–H and O–H groups in total. The van der Waals surface area contributed by atoms with E-state index >= 15 is 0 Å². The molecule has 0 bridgehead atoms. The highest BCUT2D eigenvalue weighted by Gasteiger charge is 2.29. The van der Waals surface area contributed by atoms with Crippen LogP contribution in [0.4, 0.5) is 5.69 Å². The lowest BCUT2D eigenvalue weighted by molar-refractivity contribution is 0.464. The fourth-order valence-electron chi connectivity index (χ4n) is 4.25. The van der Waals surface area contributed by atoms with Crippen LogP contribution in [0.5, 0.6) is 0 Å². The van der Waals surface area contributed by atoms with E-state index < -0.39 is 9.84 Å². The van der Waals surface area contributed by atoms with Gasteiger partial charge in [0.05, 0.1) is 10.6 Å². The maximum absolute atomic E-state index is 12.2. The van der Waals surface area contributed by atoms with Crippen molar-refractivity contribution in [3.05, 3.63) is 35.9 Å². The van der Waals surface area contributed by atoms with Gasteiger partial charge in [-0.2, -0.15) is 0 Å². The molecule has 1 aromatic carbocycles. The number of para-hydroxylation sites is 1. The zero-order valence-corrected chi connectivity index (χ0v) is 16.1. The highest BCUT2D eigenvalue weighted by Crippen LogP contribution is 2.33. The van der Waals surface area contributed by atoms with Crippen LogP contribution >= 0.6 is 0 Å². The van der Waals surface area contributed by atoms with E-state index in [1.54, 1.807) is 12.1 Å². The van der Waals surface area contributed by atoms with Gasteiger partial charge in [-0.25, -0.2) is 8.42 Å². The lowest BCUT2D eigenvalue weighted by Crippen LogP contribution is -2.36. The van der Waals surface area contributed by atoms with Gasteiger partial charge < -0.3 is 9.47 Å².